The molecular formula is C32H36O8. The second-order valence-electron chi connectivity index (χ2n) is 9.55. The van der Waals surface area contributed by atoms with Gasteiger partial charge in [0.25, 0.3) is 0 Å². The Kier molecular flexibility index (Phi) is 11.8. The summed E-state index contributed by atoms with van der Waals surface area (Å²) < 4.78 is 21.6. The van der Waals surface area contributed by atoms with Crippen LogP contribution in [0.15, 0.2) is 85.0 Å². The Labute approximate surface area is 235 Å². The number of benzene rings is 2. The van der Waals surface area contributed by atoms with Crippen molar-refractivity contribution in [2.24, 2.45) is 0 Å². The Morgan fingerprint density at radius 3 is 1.32 bits per heavy atom. The Morgan fingerprint density at radius 2 is 0.975 bits per heavy atom. The van der Waals surface area contributed by atoms with Gasteiger partial charge in [0, 0.05) is 16.7 Å². The third-order valence-electron chi connectivity index (χ3n) is 5.69. The molecule has 40 heavy (non-hydrogen) atoms. The van der Waals surface area contributed by atoms with Crippen LogP contribution in [0.25, 0.3) is 11.1 Å². The summed E-state index contributed by atoms with van der Waals surface area (Å²) in [5.41, 5.74) is 5.49. The van der Waals surface area contributed by atoms with Gasteiger partial charge >= 0.3 is 17.9 Å². The largest absolute Gasteiger partial charge is 0.457 e. The van der Waals surface area contributed by atoms with E-state index in [0.29, 0.717) is 27.8 Å². The number of carbonyl (C=O) groups excluding carboxylic acids is 3. The van der Waals surface area contributed by atoms with Gasteiger partial charge in [-0.2, -0.15) is 0 Å². The fourth-order valence-corrected chi connectivity index (χ4v) is 3.27. The molecule has 0 heterocycles. The highest BCUT2D eigenvalue weighted by atomic mass is 16.6. The van der Waals surface area contributed by atoms with Crippen LogP contribution >= 0.6 is 0 Å². The van der Waals surface area contributed by atoms with Crippen LogP contribution < -0.4 is 0 Å². The van der Waals surface area contributed by atoms with Crippen molar-refractivity contribution >= 4 is 17.9 Å². The smallest absolute Gasteiger partial charge is 0.333 e. The van der Waals surface area contributed by atoms with Crippen molar-refractivity contribution in [2.75, 3.05) is 0 Å². The number of aliphatic hydroxyl groups excluding tert-OH is 1. The number of rotatable bonds is 14. The molecule has 0 radical (unpaired) electrons. The molecule has 8 nitrogen and oxygen atoms in total. The van der Waals surface area contributed by atoms with E-state index in [4.69, 9.17) is 18.9 Å². The van der Waals surface area contributed by atoms with E-state index in [1.165, 1.54) is 0 Å². The summed E-state index contributed by atoms with van der Waals surface area (Å²) in [5, 5.41) is 10.1. The molecule has 0 aliphatic rings. The molecule has 0 saturated carbocycles. The van der Waals surface area contributed by atoms with Gasteiger partial charge in [-0.05, 0) is 78.8 Å². The standard InChI is InChI=1S/C32H36O8/c1-19(2)29(33)37-15-25-11-9-23(13-27(25)17-39-31(35)21(5)6)24-10-12-26(16-38-30(34)20(3)4)28(14-24)18-40-32(36)22(7)8/h9-14,31,35H,1,3,5,7,15-18H2,2,4,6,8H3. The van der Waals surface area contributed by atoms with Crippen molar-refractivity contribution in [3.05, 3.63) is 107 Å². The normalized spacial score (nSPS) is 11.2. The van der Waals surface area contributed by atoms with Crippen LogP contribution in [0, 0.1) is 0 Å². The molecule has 0 fully saturated rings. The van der Waals surface area contributed by atoms with E-state index in [1.54, 1.807) is 39.8 Å². The van der Waals surface area contributed by atoms with Crippen LogP contribution in [0.4, 0.5) is 0 Å². The number of esters is 3. The fourth-order valence-electron chi connectivity index (χ4n) is 3.27. The van der Waals surface area contributed by atoms with Gasteiger partial charge in [0.15, 0.2) is 6.29 Å². The summed E-state index contributed by atoms with van der Waals surface area (Å²) in [7, 11) is 0. The number of carbonyl (C=O) groups is 3. The van der Waals surface area contributed by atoms with Gasteiger partial charge in [-0.3, -0.25) is 0 Å². The maximum absolute atomic E-state index is 12.0. The Bertz CT molecular complexity index is 1330. The summed E-state index contributed by atoms with van der Waals surface area (Å²) in [6.07, 6.45) is -1.16. The van der Waals surface area contributed by atoms with E-state index in [9.17, 15) is 19.5 Å². The SMILES string of the molecule is C=C(C)C(=O)OCc1ccc(-c2ccc(COC(=O)C(=C)C)c(COC(O)C(=C)C)c2)cc1COC(=O)C(=C)C. The molecule has 212 valence electrons. The predicted octanol–water partition coefficient (Wildman–Crippen LogP) is 5.62. The second kappa shape index (κ2) is 14.8. The lowest BCUT2D eigenvalue weighted by Gasteiger charge is -2.17. The average Bonchev–Trinajstić information content (AvgIpc) is 2.91. The Hall–Kier alpha value is -4.27. The molecule has 0 spiro atoms. The van der Waals surface area contributed by atoms with E-state index in [1.807, 2.05) is 24.3 Å². The summed E-state index contributed by atoms with van der Waals surface area (Å²) in [4.78, 5) is 35.9. The number of hydrogen-bond donors (Lipinski definition) is 1. The first-order valence-electron chi connectivity index (χ1n) is 12.5. The van der Waals surface area contributed by atoms with Crippen LogP contribution in [0.2, 0.25) is 0 Å². The molecule has 0 bridgehead atoms. The van der Waals surface area contributed by atoms with E-state index in [2.05, 4.69) is 26.3 Å². The lowest BCUT2D eigenvalue weighted by molar-refractivity contribution is -0.141. The summed E-state index contributed by atoms with van der Waals surface area (Å²) >= 11 is 0. The predicted molar refractivity (Wildman–Crippen MR) is 151 cm³/mol. The summed E-state index contributed by atoms with van der Waals surface area (Å²) in [6, 6.07) is 11.0. The van der Waals surface area contributed by atoms with Crippen molar-refractivity contribution in [1.82, 2.24) is 0 Å². The lowest BCUT2D eigenvalue weighted by atomic mass is 9.96. The van der Waals surface area contributed by atoms with Gasteiger partial charge in [0.2, 0.25) is 0 Å². The van der Waals surface area contributed by atoms with Gasteiger partial charge in [0.05, 0.1) is 6.61 Å². The van der Waals surface area contributed by atoms with Crippen molar-refractivity contribution < 1.29 is 38.4 Å². The van der Waals surface area contributed by atoms with Crippen LogP contribution in [0.1, 0.15) is 49.9 Å². The minimum absolute atomic E-state index is 0.0109. The summed E-state index contributed by atoms with van der Waals surface area (Å²) in [5.74, 6) is -1.59. The molecule has 0 aliphatic carbocycles. The van der Waals surface area contributed by atoms with Crippen molar-refractivity contribution in [1.29, 1.82) is 0 Å². The zero-order valence-electron chi connectivity index (χ0n) is 23.5. The minimum Gasteiger partial charge on any atom is -0.457 e. The molecule has 0 aromatic heterocycles. The molecule has 8 heteroatoms. The maximum Gasteiger partial charge on any atom is 0.333 e. The van der Waals surface area contributed by atoms with Gasteiger partial charge in [0.1, 0.15) is 19.8 Å². The van der Waals surface area contributed by atoms with Gasteiger partial charge in [-0.15, -0.1) is 0 Å². The fraction of sp³-hybridized carbons (Fsp3) is 0.281. The lowest BCUT2D eigenvalue weighted by Crippen LogP contribution is -2.14. The Balaban J connectivity index is 2.45. The highest BCUT2D eigenvalue weighted by Crippen LogP contribution is 2.28. The first-order chi connectivity index (χ1) is 18.8. The van der Waals surface area contributed by atoms with Crippen LogP contribution in [-0.4, -0.2) is 29.3 Å². The van der Waals surface area contributed by atoms with Crippen LogP contribution in [-0.2, 0) is 59.8 Å². The number of hydrogen-bond acceptors (Lipinski definition) is 8. The van der Waals surface area contributed by atoms with E-state index in [-0.39, 0.29) is 43.1 Å². The maximum atomic E-state index is 12.0. The molecular weight excluding hydrogens is 512 g/mol. The average molecular weight is 549 g/mol. The molecule has 0 aliphatic heterocycles. The molecule has 2 aromatic rings. The zero-order valence-corrected chi connectivity index (χ0v) is 23.5. The molecule has 1 atom stereocenters. The molecule has 1 N–H and O–H groups in total. The topological polar surface area (TPSA) is 108 Å². The van der Waals surface area contributed by atoms with Crippen LogP contribution in [0.5, 0.6) is 0 Å². The van der Waals surface area contributed by atoms with E-state index in [0.717, 1.165) is 11.1 Å². The Morgan fingerprint density at radius 1 is 0.625 bits per heavy atom. The third kappa shape index (κ3) is 9.48. The monoisotopic (exact) mass is 548 g/mol. The second-order valence-corrected chi connectivity index (χ2v) is 9.55. The van der Waals surface area contributed by atoms with Crippen LogP contribution in [0.3, 0.4) is 0 Å². The van der Waals surface area contributed by atoms with Gasteiger partial charge in [-0.25, -0.2) is 14.4 Å². The quantitative estimate of drug-likeness (QED) is 0.107. The minimum atomic E-state index is -1.16. The van der Waals surface area contributed by atoms with E-state index >= 15 is 0 Å². The molecule has 0 saturated heterocycles. The van der Waals surface area contributed by atoms with Crippen molar-refractivity contribution in [3.63, 3.8) is 0 Å². The first kappa shape index (κ1) is 31.9. The van der Waals surface area contributed by atoms with E-state index < -0.39 is 24.2 Å². The number of aliphatic hydroxyl groups is 1. The van der Waals surface area contributed by atoms with Crippen molar-refractivity contribution in [2.45, 2.75) is 60.4 Å². The highest BCUT2D eigenvalue weighted by Gasteiger charge is 2.15. The third-order valence-corrected chi connectivity index (χ3v) is 5.69. The van der Waals surface area contributed by atoms with Crippen molar-refractivity contribution in [3.8, 4) is 11.1 Å². The number of ether oxygens (including phenoxy) is 4. The highest BCUT2D eigenvalue weighted by molar-refractivity contribution is 5.87. The molecule has 0 amide bonds. The molecule has 1 unspecified atom stereocenters. The molecule has 2 aromatic carbocycles. The van der Waals surface area contributed by atoms with Gasteiger partial charge in [-0.1, -0.05) is 50.6 Å². The van der Waals surface area contributed by atoms with Gasteiger partial charge < -0.3 is 24.1 Å². The zero-order chi connectivity index (χ0) is 30.0. The molecule has 2 rings (SSSR count). The summed E-state index contributed by atoms with van der Waals surface area (Å²) in [6.45, 7) is 20.7. The first-order valence-corrected chi connectivity index (χ1v) is 12.5.